The van der Waals surface area contributed by atoms with Gasteiger partial charge < -0.3 is 4.90 Å². The third-order valence-electron chi connectivity index (χ3n) is 3.05. The van der Waals surface area contributed by atoms with E-state index in [2.05, 4.69) is 0 Å². The molecular weight excluding hydrogens is 241 g/mol. The second-order valence-corrected chi connectivity index (χ2v) is 4.70. The fourth-order valence-electron chi connectivity index (χ4n) is 1.92. The minimum atomic E-state index is -0.319. The first kappa shape index (κ1) is 13.3. The summed E-state index contributed by atoms with van der Waals surface area (Å²) in [5.41, 5.74) is 2.74. The van der Waals surface area contributed by atoms with E-state index in [4.69, 9.17) is 0 Å². The highest BCUT2D eigenvalue weighted by molar-refractivity contribution is 5.95. The number of rotatable bonds is 3. The zero-order valence-electron chi connectivity index (χ0n) is 11.3. The molecule has 0 bridgehead atoms. The third kappa shape index (κ3) is 2.81. The van der Waals surface area contributed by atoms with Crippen molar-refractivity contribution in [1.29, 1.82) is 0 Å². The molecule has 0 saturated carbocycles. The van der Waals surface area contributed by atoms with E-state index in [1.807, 2.05) is 43.3 Å². The Balaban J connectivity index is 2.54. The van der Waals surface area contributed by atoms with Gasteiger partial charge in [0, 0.05) is 30.9 Å². The third-order valence-corrected chi connectivity index (χ3v) is 3.05. The van der Waals surface area contributed by atoms with E-state index in [0.29, 0.717) is 11.1 Å². The lowest BCUT2D eigenvalue weighted by Crippen LogP contribution is -2.08. The molecule has 2 aromatic carbocycles. The molecule has 0 aliphatic carbocycles. The lowest BCUT2D eigenvalue weighted by atomic mass is 10.0. The van der Waals surface area contributed by atoms with Crippen LogP contribution in [0.3, 0.4) is 0 Å². The van der Waals surface area contributed by atoms with Crippen molar-refractivity contribution in [1.82, 2.24) is 0 Å². The second kappa shape index (κ2) is 5.22. The van der Waals surface area contributed by atoms with Gasteiger partial charge in [0.1, 0.15) is 5.82 Å². The van der Waals surface area contributed by atoms with Gasteiger partial charge in [-0.25, -0.2) is 4.39 Å². The van der Waals surface area contributed by atoms with Crippen molar-refractivity contribution in [3.05, 3.63) is 53.8 Å². The second-order valence-electron chi connectivity index (χ2n) is 4.70. The Morgan fingerprint density at radius 3 is 2.47 bits per heavy atom. The summed E-state index contributed by atoms with van der Waals surface area (Å²) in [4.78, 5) is 13.3. The Kier molecular flexibility index (Phi) is 3.65. The van der Waals surface area contributed by atoms with E-state index < -0.39 is 0 Å². The van der Waals surface area contributed by atoms with Gasteiger partial charge in [0.2, 0.25) is 0 Å². The minimum Gasteiger partial charge on any atom is -0.378 e. The molecule has 0 aliphatic heterocycles. The van der Waals surface area contributed by atoms with Crippen molar-refractivity contribution in [2.45, 2.75) is 6.92 Å². The number of hydrogen-bond donors (Lipinski definition) is 0. The highest BCUT2D eigenvalue weighted by Crippen LogP contribution is 2.27. The maximum absolute atomic E-state index is 13.9. The molecule has 0 N–H and O–H groups in total. The zero-order valence-corrected chi connectivity index (χ0v) is 11.3. The molecule has 0 aromatic heterocycles. The Labute approximate surface area is 112 Å². The van der Waals surface area contributed by atoms with Gasteiger partial charge in [0.15, 0.2) is 5.78 Å². The molecule has 2 nitrogen and oxygen atoms in total. The Bertz CT molecular complexity index is 620. The normalized spacial score (nSPS) is 10.3. The number of benzene rings is 2. The highest BCUT2D eigenvalue weighted by atomic mass is 19.1. The van der Waals surface area contributed by atoms with E-state index in [1.54, 1.807) is 6.07 Å². The number of ketones is 1. The summed E-state index contributed by atoms with van der Waals surface area (Å²) in [6.45, 7) is 1.48. The number of nitrogens with zero attached hydrogens (tertiary/aromatic N) is 1. The van der Waals surface area contributed by atoms with Gasteiger partial charge in [-0.3, -0.25) is 4.79 Å². The van der Waals surface area contributed by atoms with Crippen LogP contribution in [0.5, 0.6) is 0 Å². The van der Waals surface area contributed by atoms with E-state index in [1.165, 1.54) is 19.1 Å². The molecule has 98 valence electrons. The van der Waals surface area contributed by atoms with Crippen molar-refractivity contribution in [3.63, 3.8) is 0 Å². The Hall–Kier alpha value is -2.16. The molecule has 0 aliphatic rings. The van der Waals surface area contributed by atoms with E-state index >= 15 is 0 Å². The molecule has 19 heavy (non-hydrogen) atoms. The molecule has 0 fully saturated rings. The zero-order chi connectivity index (χ0) is 14.0. The highest BCUT2D eigenvalue weighted by Gasteiger charge is 2.09. The lowest BCUT2D eigenvalue weighted by Gasteiger charge is -2.14. The van der Waals surface area contributed by atoms with E-state index in [9.17, 15) is 9.18 Å². The van der Waals surface area contributed by atoms with Crippen LogP contribution in [-0.4, -0.2) is 19.9 Å². The number of carbonyl (C=O) groups excluding carboxylic acids is 1. The van der Waals surface area contributed by atoms with E-state index in [-0.39, 0.29) is 11.6 Å². The molecule has 0 radical (unpaired) electrons. The minimum absolute atomic E-state index is 0.0648. The lowest BCUT2D eigenvalue weighted by molar-refractivity contribution is 0.101. The maximum Gasteiger partial charge on any atom is 0.159 e. The number of hydrogen-bond acceptors (Lipinski definition) is 2. The first-order valence-corrected chi connectivity index (χ1v) is 6.07. The number of anilines is 1. The van der Waals surface area contributed by atoms with Crippen molar-refractivity contribution >= 4 is 11.5 Å². The van der Waals surface area contributed by atoms with Gasteiger partial charge in [-0.15, -0.1) is 0 Å². The van der Waals surface area contributed by atoms with Gasteiger partial charge in [-0.1, -0.05) is 12.1 Å². The molecule has 2 rings (SSSR count). The van der Waals surface area contributed by atoms with Crippen LogP contribution < -0.4 is 4.90 Å². The fraction of sp³-hybridized carbons (Fsp3) is 0.188. The quantitative estimate of drug-likeness (QED) is 0.780. The van der Waals surface area contributed by atoms with Crippen LogP contribution in [0.15, 0.2) is 42.5 Å². The molecule has 0 heterocycles. The van der Waals surface area contributed by atoms with Crippen LogP contribution in [0.25, 0.3) is 11.1 Å². The van der Waals surface area contributed by atoms with Crippen molar-refractivity contribution < 1.29 is 9.18 Å². The predicted molar refractivity (Wildman–Crippen MR) is 76.2 cm³/mol. The first-order chi connectivity index (χ1) is 8.99. The SMILES string of the molecule is CC(=O)c1ccc(F)c(-c2cccc(N(C)C)c2)c1. The van der Waals surface area contributed by atoms with Crippen LogP contribution in [0.2, 0.25) is 0 Å². The topological polar surface area (TPSA) is 20.3 Å². The van der Waals surface area contributed by atoms with Gasteiger partial charge in [0.05, 0.1) is 0 Å². The molecule has 3 heteroatoms. The summed E-state index contributed by atoms with van der Waals surface area (Å²) in [5.74, 6) is -0.383. The average Bonchev–Trinajstić information content (AvgIpc) is 2.39. The van der Waals surface area contributed by atoms with E-state index in [0.717, 1.165) is 11.3 Å². The van der Waals surface area contributed by atoms with Crippen LogP contribution in [-0.2, 0) is 0 Å². The first-order valence-electron chi connectivity index (χ1n) is 6.07. The Morgan fingerprint density at radius 1 is 1.11 bits per heavy atom. The Morgan fingerprint density at radius 2 is 1.84 bits per heavy atom. The molecular formula is C16H16FNO. The van der Waals surface area contributed by atoms with Crippen LogP contribution >= 0.6 is 0 Å². The smallest absolute Gasteiger partial charge is 0.159 e. The van der Waals surface area contributed by atoms with Gasteiger partial charge in [-0.2, -0.15) is 0 Å². The standard InChI is InChI=1S/C16H16FNO/c1-11(19)12-7-8-16(17)15(10-12)13-5-4-6-14(9-13)18(2)3/h4-10H,1-3H3. The molecule has 0 unspecified atom stereocenters. The van der Waals surface area contributed by atoms with Gasteiger partial charge in [-0.05, 0) is 42.8 Å². The van der Waals surface area contributed by atoms with Crippen LogP contribution in [0.1, 0.15) is 17.3 Å². The summed E-state index contributed by atoms with van der Waals surface area (Å²) >= 11 is 0. The van der Waals surface area contributed by atoms with Crippen molar-refractivity contribution in [3.8, 4) is 11.1 Å². The molecule has 0 amide bonds. The van der Waals surface area contributed by atoms with Crippen LogP contribution in [0.4, 0.5) is 10.1 Å². The van der Waals surface area contributed by atoms with Crippen LogP contribution in [0, 0.1) is 5.82 Å². The number of halogens is 1. The largest absolute Gasteiger partial charge is 0.378 e. The predicted octanol–water partition coefficient (Wildman–Crippen LogP) is 3.76. The summed E-state index contributed by atoms with van der Waals surface area (Å²) in [6.07, 6.45) is 0. The molecule has 0 atom stereocenters. The fourth-order valence-corrected chi connectivity index (χ4v) is 1.92. The summed E-state index contributed by atoms with van der Waals surface area (Å²) in [7, 11) is 3.86. The van der Waals surface area contributed by atoms with Crippen molar-refractivity contribution in [2.75, 3.05) is 19.0 Å². The molecule has 0 spiro atoms. The summed E-state index contributed by atoms with van der Waals surface area (Å²) in [5, 5.41) is 0. The van der Waals surface area contributed by atoms with Crippen molar-refractivity contribution in [2.24, 2.45) is 0 Å². The monoisotopic (exact) mass is 257 g/mol. The summed E-state index contributed by atoms with van der Waals surface area (Å²) in [6, 6.07) is 12.0. The average molecular weight is 257 g/mol. The van der Waals surface area contributed by atoms with Gasteiger partial charge in [0.25, 0.3) is 0 Å². The molecule has 2 aromatic rings. The number of carbonyl (C=O) groups is 1. The molecule has 0 saturated heterocycles. The number of Topliss-reactive ketones (excluding diaryl/α,β-unsaturated/α-hetero) is 1. The van der Waals surface area contributed by atoms with Gasteiger partial charge >= 0.3 is 0 Å². The summed E-state index contributed by atoms with van der Waals surface area (Å²) < 4.78 is 13.9. The maximum atomic E-state index is 13.9.